The number of rotatable bonds is 5. The lowest BCUT2D eigenvalue weighted by molar-refractivity contribution is 0.171. The second-order valence-electron chi connectivity index (χ2n) is 5.44. The van der Waals surface area contributed by atoms with E-state index in [0.29, 0.717) is 46.9 Å². The SMILES string of the molecule is COc1cc(N(C)S(=O)(=O)c2ccc3c(c2)OCCO3)c(OC)cc1Cl. The Hall–Kier alpha value is -2.32. The number of anilines is 1. The van der Waals surface area contributed by atoms with Crippen molar-refractivity contribution in [2.45, 2.75) is 4.90 Å². The number of sulfonamides is 1. The van der Waals surface area contributed by atoms with E-state index in [-0.39, 0.29) is 4.90 Å². The summed E-state index contributed by atoms with van der Waals surface area (Å²) >= 11 is 6.09. The maximum Gasteiger partial charge on any atom is 0.264 e. The summed E-state index contributed by atoms with van der Waals surface area (Å²) in [6.45, 7) is 0.801. The van der Waals surface area contributed by atoms with Crippen molar-refractivity contribution < 1.29 is 27.4 Å². The minimum absolute atomic E-state index is 0.0696. The van der Waals surface area contributed by atoms with Crippen molar-refractivity contribution in [3.05, 3.63) is 35.4 Å². The van der Waals surface area contributed by atoms with E-state index in [1.165, 1.54) is 45.5 Å². The van der Waals surface area contributed by atoms with Gasteiger partial charge in [0.25, 0.3) is 10.0 Å². The second kappa shape index (κ2) is 7.13. The number of hydrogen-bond acceptors (Lipinski definition) is 6. The molecule has 2 aromatic rings. The summed E-state index contributed by atoms with van der Waals surface area (Å²) in [4.78, 5) is 0.0696. The highest BCUT2D eigenvalue weighted by atomic mass is 35.5. The number of fused-ring (bicyclic) bond motifs is 1. The quantitative estimate of drug-likeness (QED) is 0.769. The predicted octanol–water partition coefficient (Wildman–Crippen LogP) is 2.95. The molecule has 3 rings (SSSR count). The van der Waals surface area contributed by atoms with E-state index in [4.69, 9.17) is 30.5 Å². The molecular formula is C17H18ClNO6S. The molecule has 0 aliphatic carbocycles. The lowest BCUT2D eigenvalue weighted by Gasteiger charge is -2.24. The molecule has 1 aliphatic heterocycles. The third-order valence-electron chi connectivity index (χ3n) is 3.96. The van der Waals surface area contributed by atoms with Crippen molar-refractivity contribution in [2.24, 2.45) is 0 Å². The number of methoxy groups -OCH3 is 2. The molecule has 0 spiro atoms. The first-order valence-electron chi connectivity index (χ1n) is 7.68. The topological polar surface area (TPSA) is 74.3 Å². The van der Waals surface area contributed by atoms with Crippen molar-refractivity contribution in [1.82, 2.24) is 0 Å². The lowest BCUT2D eigenvalue weighted by atomic mass is 10.2. The lowest BCUT2D eigenvalue weighted by Crippen LogP contribution is -2.27. The Morgan fingerprint density at radius 2 is 1.65 bits per heavy atom. The van der Waals surface area contributed by atoms with Gasteiger partial charge in [0.1, 0.15) is 24.7 Å². The van der Waals surface area contributed by atoms with Crippen LogP contribution in [0.25, 0.3) is 0 Å². The van der Waals surface area contributed by atoms with Gasteiger partial charge in [0.2, 0.25) is 0 Å². The summed E-state index contributed by atoms with van der Waals surface area (Å²) in [5.74, 6) is 1.56. The van der Waals surface area contributed by atoms with Crippen LogP contribution >= 0.6 is 11.6 Å². The molecule has 26 heavy (non-hydrogen) atoms. The maximum atomic E-state index is 13.1. The number of ether oxygens (including phenoxy) is 4. The molecule has 0 N–H and O–H groups in total. The molecule has 1 aliphatic rings. The zero-order valence-electron chi connectivity index (χ0n) is 14.5. The van der Waals surface area contributed by atoms with E-state index >= 15 is 0 Å². The molecule has 7 nitrogen and oxygen atoms in total. The molecule has 0 amide bonds. The fourth-order valence-electron chi connectivity index (χ4n) is 2.56. The van der Waals surface area contributed by atoms with Gasteiger partial charge in [-0.1, -0.05) is 11.6 Å². The molecule has 0 saturated heterocycles. The Balaban J connectivity index is 2.05. The first-order chi connectivity index (χ1) is 12.4. The minimum atomic E-state index is -3.88. The van der Waals surface area contributed by atoms with Crippen LogP contribution in [0.2, 0.25) is 5.02 Å². The Bertz CT molecular complexity index is 931. The highest BCUT2D eigenvalue weighted by molar-refractivity contribution is 7.92. The van der Waals surface area contributed by atoms with Crippen LogP contribution < -0.4 is 23.3 Å². The number of nitrogens with zero attached hydrogens (tertiary/aromatic N) is 1. The molecule has 1 heterocycles. The van der Waals surface area contributed by atoms with Crippen LogP contribution in [-0.2, 0) is 10.0 Å². The summed E-state index contributed by atoms with van der Waals surface area (Å²) in [5, 5.41) is 0.318. The van der Waals surface area contributed by atoms with Crippen LogP contribution in [0, 0.1) is 0 Å². The van der Waals surface area contributed by atoms with E-state index < -0.39 is 10.0 Å². The van der Waals surface area contributed by atoms with Gasteiger partial charge in [0.15, 0.2) is 11.5 Å². The maximum absolute atomic E-state index is 13.1. The highest BCUT2D eigenvalue weighted by Gasteiger charge is 2.27. The molecular weight excluding hydrogens is 382 g/mol. The van der Waals surface area contributed by atoms with Gasteiger partial charge in [-0.15, -0.1) is 0 Å². The fraction of sp³-hybridized carbons (Fsp3) is 0.294. The van der Waals surface area contributed by atoms with Gasteiger partial charge < -0.3 is 18.9 Å². The molecule has 9 heteroatoms. The Morgan fingerprint density at radius 3 is 2.31 bits per heavy atom. The predicted molar refractivity (Wildman–Crippen MR) is 97.6 cm³/mol. The summed E-state index contributed by atoms with van der Waals surface area (Å²) in [6, 6.07) is 7.51. The number of benzene rings is 2. The largest absolute Gasteiger partial charge is 0.495 e. The van der Waals surface area contributed by atoms with Gasteiger partial charge in [-0.2, -0.15) is 0 Å². The number of hydrogen-bond donors (Lipinski definition) is 0. The van der Waals surface area contributed by atoms with Crippen LogP contribution in [0.15, 0.2) is 35.2 Å². The minimum Gasteiger partial charge on any atom is -0.495 e. The van der Waals surface area contributed by atoms with Crippen LogP contribution in [-0.4, -0.2) is 42.9 Å². The third kappa shape index (κ3) is 3.22. The zero-order valence-corrected chi connectivity index (χ0v) is 16.1. The Kier molecular flexibility index (Phi) is 5.06. The molecule has 0 saturated carbocycles. The normalized spacial score (nSPS) is 13.2. The van der Waals surface area contributed by atoms with Gasteiger partial charge in [0.05, 0.1) is 29.8 Å². The molecule has 140 valence electrons. The smallest absolute Gasteiger partial charge is 0.264 e. The van der Waals surface area contributed by atoms with E-state index in [9.17, 15) is 8.42 Å². The van der Waals surface area contributed by atoms with Gasteiger partial charge in [-0.25, -0.2) is 8.42 Å². The molecule has 0 radical (unpaired) electrons. The van der Waals surface area contributed by atoms with Crippen molar-refractivity contribution in [2.75, 3.05) is 38.8 Å². The van der Waals surface area contributed by atoms with Crippen molar-refractivity contribution in [1.29, 1.82) is 0 Å². The van der Waals surface area contributed by atoms with Gasteiger partial charge in [0, 0.05) is 25.2 Å². The molecule has 0 atom stereocenters. The van der Waals surface area contributed by atoms with Crippen LogP contribution in [0.4, 0.5) is 5.69 Å². The van der Waals surface area contributed by atoms with E-state index in [1.807, 2.05) is 0 Å². The standard InChI is InChI=1S/C17H18ClNO6S/c1-19(13-10-15(22-2)12(18)9-16(13)23-3)26(20,21)11-4-5-14-17(8-11)25-7-6-24-14/h4-5,8-10H,6-7H2,1-3H3. The Labute approximate surface area is 157 Å². The summed E-state index contributed by atoms with van der Waals surface area (Å²) in [7, 11) is 0.439. The van der Waals surface area contributed by atoms with Crippen LogP contribution in [0.1, 0.15) is 0 Å². The fourth-order valence-corrected chi connectivity index (χ4v) is 4.01. The summed E-state index contributed by atoms with van der Waals surface area (Å²) in [6.07, 6.45) is 0. The van der Waals surface area contributed by atoms with Gasteiger partial charge >= 0.3 is 0 Å². The van der Waals surface area contributed by atoms with Crippen molar-refractivity contribution >= 4 is 27.3 Å². The highest BCUT2D eigenvalue weighted by Crippen LogP contribution is 2.40. The molecule has 0 bridgehead atoms. The molecule has 0 unspecified atom stereocenters. The summed E-state index contributed by atoms with van der Waals surface area (Å²) in [5.41, 5.74) is 0.295. The first kappa shape index (κ1) is 18.5. The monoisotopic (exact) mass is 399 g/mol. The van der Waals surface area contributed by atoms with E-state index in [1.54, 1.807) is 6.07 Å². The third-order valence-corrected chi connectivity index (χ3v) is 6.03. The summed E-state index contributed by atoms with van der Waals surface area (Å²) < 4.78 is 48.6. The molecule has 2 aromatic carbocycles. The molecule has 0 aromatic heterocycles. The van der Waals surface area contributed by atoms with Crippen LogP contribution in [0.5, 0.6) is 23.0 Å². The second-order valence-corrected chi connectivity index (χ2v) is 7.81. The van der Waals surface area contributed by atoms with Gasteiger partial charge in [-0.3, -0.25) is 4.31 Å². The zero-order chi connectivity index (χ0) is 18.9. The average molecular weight is 400 g/mol. The van der Waals surface area contributed by atoms with Gasteiger partial charge in [-0.05, 0) is 12.1 Å². The van der Waals surface area contributed by atoms with Crippen molar-refractivity contribution in [3.8, 4) is 23.0 Å². The average Bonchev–Trinajstić information content (AvgIpc) is 2.66. The Morgan fingerprint density at radius 1 is 1.00 bits per heavy atom. The first-order valence-corrected chi connectivity index (χ1v) is 9.50. The van der Waals surface area contributed by atoms with Crippen molar-refractivity contribution in [3.63, 3.8) is 0 Å². The molecule has 0 fully saturated rings. The van der Waals surface area contributed by atoms with E-state index in [2.05, 4.69) is 0 Å². The number of halogens is 1. The van der Waals surface area contributed by atoms with Crippen LogP contribution in [0.3, 0.4) is 0 Å². The van der Waals surface area contributed by atoms with E-state index in [0.717, 1.165) is 4.31 Å².